The van der Waals surface area contributed by atoms with Crippen molar-refractivity contribution in [3.63, 3.8) is 0 Å². The smallest absolute Gasteiger partial charge is 0.351 e. The van der Waals surface area contributed by atoms with Crippen LogP contribution in [0.4, 0.5) is 4.39 Å². The van der Waals surface area contributed by atoms with E-state index in [9.17, 15) is 14.0 Å². The predicted octanol–water partition coefficient (Wildman–Crippen LogP) is 3.69. The first-order valence-corrected chi connectivity index (χ1v) is 7.69. The van der Waals surface area contributed by atoms with Gasteiger partial charge in [-0.15, -0.1) is 0 Å². The SMILES string of the molecule is CCOC(=O)c1cc2ccc(OCc3ccccc3F)cc2oc1=O. The number of rotatable bonds is 5. The van der Waals surface area contributed by atoms with E-state index in [-0.39, 0.29) is 30.2 Å². The minimum atomic E-state index is -0.780. The summed E-state index contributed by atoms with van der Waals surface area (Å²) in [5.41, 5.74) is -0.252. The molecule has 0 aliphatic rings. The molecule has 0 fully saturated rings. The van der Waals surface area contributed by atoms with E-state index in [0.717, 1.165) is 0 Å². The normalized spacial score (nSPS) is 10.6. The lowest BCUT2D eigenvalue weighted by Gasteiger charge is -2.08. The Bertz CT molecular complexity index is 977. The topological polar surface area (TPSA) is 65.7 Å². The van der Waals surface area contributed by atoms with E-state index in [2.05, 4.69) is 0 Å². The summed E-state index contributed by atoms with van der Waals surface area (Å²) in [6, 6.07) is 12.5. The van der Waals surface area contributed by atoms with E-state index < -0.39 is 11.6 Å². The predicted molar refractivity (Wildman–Crippen MR) is 89.2 cm³/mol. The van der Waals surface area contributed by atoms with Crippen LogP contribution >= 0.6 is 0 Å². The molecule has 0 atom stereocenters. The third kappa shape index (κ3) is 3.68. The lowest BCUT2D eigenvalue weighted by molar-refractivity contribution is 0.0522. The third-order valence-corrected chi connectivity index (χ3v) is 3.55. The summed E-state index contributed by atoms with van der Waals surface area (Å²) in [7, 11) is 0. The molecule has 0 bridgehead atoms. The fourth-order valence-corrected chi connectivity index (χ4v) is 2.31. The zero-order chi connectivity index (χ0) is 17.8. The molecular formula is C19H15FO5. The lowest BCUT2D eigenvalue weighted by atomic mass is 10.2. The molecule has 25 heavy (non-hydrogen) atoms. The molecule has 0 saturated heterocycles. The van der Waals surface area contributed by atoms with Crippen LogP contribution in [0.3, 0.4) is 0 Å². The second-order valence-corrected chi connectivity index (χ2v) is 5.25. The fraction of sp³-hybridized carbons (Fsp3) is 0.158. The van der Waals surface area contributed by atoms with Crippen molar-refractivity contribution in [3.05, 3.63) is 75.9 Å². The lowest BCUT2D eigenvalue weighted by Crippen LogP contribution is -2.16. The molecule has 1 aromatic heterocycles. The van der Waals surface area contributed by atoms with Gasteiger partial charge in [0.05, 0.1) is 6.61 Å². The van der Waals surface area contributed by atoms with E-state index in [1.807, 2.05) is 0 Å². The van der Waals surface area contributed by atoms with Gasteiger partial charge in [0.1, 0.15) is 29.3 Å². The van der Waals surface area contributed by atoms with Crippen LogP contribution in [0.2, 0.25) is 0 Å². The number of carbonyl (C=O) groups is 1. The standard InChI is InChI=1S/C19H15FO5/c1-2-23-18(21)15-9-12-7-8-14(10-17(12)25-19(15)22)24-11-13-5-3-4-6-16(13)20/h3-10H,2,11H2,1H3. The van der Waals surface area contributed by atoms with E-state index in [1.54, 1.807) is 37.3 Å². The average molecular weight is 342 g/mol. The molecule has 0 radical (unpaired) electrons. The molecule has 0 N–H and O–H groups in total. The molecular weight excluding hydrogens is 327 g/mol. The van der Waals surface area contributed by atoms with E-state index in [4.69, 9.17) is 13.9 Å². The molecule has 0 saturated carbocycles. The third-order valence-electron chi connectivity index (χ3n) is 3.55. The van der Waals surface area contributed by atoms with Crippen LogP contribution in [0, 0.1) is 5.82 Å². The molecule has 128 valence electrons. The monoisotopic (exact) mass is 342 g/mol. The quantitative estimate of drug-likeness (QED) is 0.523. The molecule has 2 aromatic carbocycles. The Morgan fingerprint density at radius 2 is 1.96 bits per heavy atom. The summed E-state index contributed by atoms with van der Waals surface area (Å²) < 4.78 is 29.1. The zero-order valence-electron chi connectivity index (χ0n) is 13.5. The van der Waals surface area contributed by atoms with Crippen molar-refractivity contribution < 1.29 is 23.1 Å². The first kappa shape index (κ1) is 16.7. The van der Waals surface area contributed by atoms with Crippen LogP contribution < -0.4 is 10.4 Å². The van der Waals surface area contributed by atoms with Gasteiger partial charge in [0, 0.05) is 17.0 Å². The number of carbonyl (C=O) groups excluding carboxylic acids is 1. The first-order valence-electron chi connectivity index (χ1n) is 7.69. The van der Waals surface area contributed by atoms with Gasteiger partial charge in [-0.05, 0) is 31.2 Å². The summed E-state index contributed by atoms with van der Waals surface area (Å²) in [5.74, 6) is -0.658. The molecule has 3 aromatic rings. The highest BCUT2D eigenvalue weighted by atomic mass is 19.1. The maximum atomic E-state index is 13.6. The second kappa shape index (κ2) is 7.17. The largest absolute Gasteiger partial charge is 0.489 e. The van der Waals surface area contributed by atoms with E-state index in [1.165, 1.54) is 18.2 Å². The Morgan fingerprint density at radius 1 is 1.16 bits per heavy atom. The van der Waals surface area contributed by atoms with Gasteiger partial charge >= 0.3 is 11.6 Å². The molecule has 6 heteroatoms. The van der Waals surface area contributed by atoms with Crippen molar-refractivity contribution >= 4 is 16.9 Å². The van der Waals surface area contributed by atoms with Gasteiger partial charge in [0.15, 0.2) is 0 Å². The summed E-state index contributed by atoms with van der Waals surface area (Å²) >= 11 is 0. The molecule has 3 rings (SSSR count). The van der Waals surface area contributed by atoms with Crippen molar-refractivity contribution in [3.8, 4) is 5.75 Å². The van der Waals surface area contributed by atoms with Crippen LogP contribution in [-0.4, -0.2) is 12.6 Å². The van der Waals surface area contributed by atoms with Crippen molar-refractivity contribution in [1.29, 1.82) is 0 Å². The summed E-state index contributed by atoms with van der Waals surface area (Å²) in [6.45, 7) is 1.86. The van der Waals surface area contributed by atoms with Gasteiger partial charge in [-0.2, -0.15) is 0 Å². The minimum absolute atomic E-state index is 0.0450. The Morgan fingerprint density at radius 3 is 2.72 bits per heavy atom. The van der Waals surface area contributed by atoms with Crippen molar-refractivity contribution in [2.45, 2.75) is 13.5 Å². The minimum Gasteiger partial charge on any atom is -0.489 e. The highest BCUT2D eigenvalue weighted by molar-refractivity contribution is 5.93. The molecule has 0 unspecified atom stereocenters. The van der Waals surface area contributed by atoms with Gasteiger partial charge in [-0.1, -0.05) is 18.2 Å². The van der Waals surface area contributed by atoms with Gasteiger partial charge < -0.3 is 13.9 Å². The van der Waals surface area contributed by atoms with Gasteiger partial charge in [0.25, 0.3) is 0 Å². The molecule has 0 aliphatic heterocycles. The maximum absolute atomic E-state index is 13.6. The molecule has 0 aliphatic carbocycles. The number of hydrogen-bond donors (Lipinski definition) is 0. The van der Waals surface area contributed by atoms with Crippen molar-refractivity contribution in [2.24, 2.45) is 0 Å². The molecule has 1 heterocycles. The summed E-state index contributed by atoms with van der Waals surface area (Å²) in [4.78, 5) is 23.7. The van der Waals surface area contributed by atoms with Crippen molar-refractivity contribution in [1.82, 2.24) is 0 Å². The second-order valence-electron chi connectivity index (χ2n) is 5.25. The highest BCUT2D eigenvalue weighted by Gasteiger charge is 2.15. The number of hydrogen-bond acceptors (Lipinski definition) is 5. The number of halogens is 1. The summed E-state index contributed by atoms with van der Waals surface area (Å²) in [6.07, 6.45) is 0. The van der Waals surface area contributed by atoms with E-state index >= 15 is 0 Å². The van der Waals surface area contributed by atoms with Gasteiger partial charge in [-0.3, -0.25) is 0 Å². The van der Waals surface area contributed by atoms with Crippen molar-refractivity contribution in [2.75, 3.05) is 6.61 Å². The number of fused-ring (bicyclic) bond motifs is 1. The number of benzene rings is 2. The Labute approximate surface area is 142 Å². The van der Waals surface area contributed by atoms with Crippen LogP contribution in [0.25, 0.3) is 11.0 Å². The molecule has 0 spiro atoms. The van der Waals surface area contributed by atoms with E-state index in [0.29, 0.717) is 16.7 Å². The number of ether oxygens (including phenoxy) is 2. The van der Waals surface area contributed by atoms with Gasteiger partial charge in [0.2, 0.25) is 0 Å². The molecule has 5 nitrogen and oxygen atoms in total. The van der Waals surface area contributed by atoms with Crippen LogP contribution in [0.15, 0.2) is 57.7 Å². The first-order chi connectivity index (χ1) is 12.1. The average Bonchev–Trinajstić information content (AvgIpc) is 2.60. The van der Waals surface area contributed by atoms with Gasteiger partial charge in [-0.25, -0.2) is 14.0 Å². The number of esters is 1. The molecule has 0 amide bonds. The summed E-state index contributed by atoms with van der Waals surface area (Å²) in [5, 5.41) is 0.556. The zero-order valence-corrected chi connectivity index (χ0v) is 13.5. The highest BCUT2D eigenvalue weighted by Crippen LogP contribution is 2.22. The Balaban J connectivity index is 1.85. The Kier molecular flexibility index (Phi) is 4.79. The van der Waals surface area contributed by atoms with Crippen LogP contribution in [-0.2, 0) is 11.3 Å². The van der Waals surface area contributed by atoms with Crippen LogP contribution in [0.5, 0.6) is 5.75 Å². The maximum Gasteiger partial charge on any atom is 0.351 e. The van der Waals surface area contributed by atoms with Crippen LogP contribution in [0.1, 0.15) is 22.8 Å². The Hall–Kier alpha value is -3.15. The fourth-order valence-electron chi connectivity index (χ4n) is 2.31.